The smallest absolute Gasteiger partial charge is 0.233 e. The zero-order valence-electron chi connectivity index (χ0n) is 16.2. The van der Waals surface area contributed by atoms with Gasteiger partial charge in [-0.05, 0) is 24.5 Å². The Morgan fingerprint density at radius 2 is 1.96 bits per heavy atom. The molecule has 1 amide bonds. The van der Waals surface area contributed by atoms with Gasteiger partial charge in [-0.25, -0.2) is 0 Å². The molecule has 28 heavy (non-hydrogen) atoms. The highest BCUT2D eigenvalue weighted by atomic mass is 16.5. The molecule has 7 nitrogen and oxygen atoms in total. The molecule has 2 aliphatic heterocycles. The van der Waals surface area contributed by atoms with Crippen molar-refractivity contribution in [1.82, 2.24) is 15.1 Å². The molecule has 0 spiro atoms. The largest absolute Gasteiger partial charge is 0.480 e. The molecular weight excluding hydrogens is 356 g/mol. The number of hydrogen-bond acceptors (Lipinski definition) is 6. The summed E-state index contributed by atoms with van der Waals surface area (Å²) in [6, 6.07) is 13.8. The van der Waals surface area contributed by atoms with E-state index in [4.69, 9.17) is 9.47 Å². The van der Waals surface area contributed by atoms with E-state index in [0.717, 1.165) is 30.8 Å². The minimum atomic E-state index is -0.0500. The number of hydrogen-bond donors (Lipinski definition) is 0. The monoisotopic (exact) mass is 382 g/mol. The van der Waals surface area contributed by atoms with E-state index >= 15 is 0 Å². The van der Waals surface area contributed by atoms with E-state index in [9.17, 15) is 4.79 Å². The predicted molar refractivity (Wildman–Crippen MR) is 105 cm³/mol. The molecule has 0 saturated carbocycles. The number of aromatic nitrogens is 2. The van der Waals surface area contributed by atoms with E-state index < -0.39 is 0 Å². The molecule has 0 N–H and O–H groups in total. The molecule has 7 heteroatoms. The van der Waals surface area contributed by atoms with Crippen molar-refractivity contribution >= 4 is 11.7 Å². The summed E-state index contributed by atoms with van der Waals surface area (Å²) in [5.74, 6) is 1.48. The van der Waals surface area contributed by atoms with E-state index in [-0.39, 0.29) is 17.9 Å². The number of carbonyl (C=O) groups is 1. The van der Waals surface area contributed by atoms with Crippen LogP contribution in [0.15, 0.2) is 42.5 Å². The van der Waals surface area contributed by atoms with Crippen molar-refractivity contribution < 1.29 is 14.3 Å². The van der Waals surface area contributed by atoms with Crippen molar-refractivity contribution in [3.63, 3.8) is 0 Å². The topological polar surface area (TPSA) is 67.8 Å². The molecule has 2 aromatic rings. The Morgan fingerprint density at radius 1 is 1.11 bits per heavy atom. The molecule has 2 fully saturated rings. The van der Waals surface area contributed by atoms with Gasteiger partial charge < -0.3 is 19.3 Å². The molecule has 3 heterocycles. The second-order valence-corrected chi connectivity index (χ2v) is 7.27. The minimum Gasteiger partial charge on any atom is -0.480 e. The van der Waals surface area contributed by atoms with Gasteiger partial charge in [-0.3, -0.25) is 4.79 Å². The minimum absolute atomic E-state index is 0.0211. The van der Waals surface area contributed by atoms with Crippen LogP contribution in [0.2, 0.25) is 0 Å². The maximum atomic E-state index is 13.2. The van der Waals surface area contributed by atoms with Gasteiger partial charge in [0, 0.05) is 25.7 Å². The van der Waals surface area contributed by atoms with Crippen LogP contribution in [0.25, 0.3) is 0 Å². The zero-order chi connectivity index (χ0) is 19.3. The van der Waals surface area contributed by atoms with E-state index in [2.05, 4.69) is 27.2 Å². The third kappa shape index (κ3) is 4.09. The Kier molecular flexibility index (Phi) is 5.71. The normalized spacial score (nSPS) is 22.8. The Bertz CT molecular complexity index is 784. The lowest BCUT2D eigenvalue weighted by Crippen LogP contribution is -2.49. The van der Waals surface area contributed by atoms with Gasteiger partial charge in [0.15, 0.2) is 5.82 Å². The van der Waals surface area contributed by atoms with Gasteiger partial charge in [-0.1, -0.05) is 30.3 Å². The van der Waals surface area contributed by atoms with Gasteiger partial charge >= 0.3 is 0 Å². The van der Waals surface area contributed by atoms with Crippen LogP contribution in [-0.4, -0.2) is 60.9 Å². The number of benzene rings is 1. The van der Waals surface area contributed by atoms with E-state index in [1.54, 1.807) is 13.2 Å². The molecule has 1 aromatic heterocycles. The first kappa shape index (κ1) is 18.7. The standard InChI is InChI=1S/C21H26N4O3/c1-27-20-10-9-19(22-23-20)24-11-5-8-17(14-24)21(26)25-12-13-28-18(15-25)16-6-3-2-4-7-16/h2-4,6-7,9-10,17-18H,5,8,11-15H2,1H3/t17-,18+/m1/s1. The molecule has 0 aliphatic carbocycles. The second-order valence-electron chi connectivity index (χ2n) is 7.27. The highest BCUT2D eigenvalue weighted by Crippen LogP contribution is 2.27. The third-order valence-electron chi connectivity index (χ3n) is 5.48. The van der Waals surface area contributed by atoms with Gasteiger partial charge in [0.2, 0.25) is 11.8 Å². The van der Waals surface area contributed by atoms with Gasteiger partial charge in [0.1, 0.15) is 6.10 Å². The number of rotatable bonds is 4. The van der Waals surface area contributed by atoms with Crippen LogP contribution in [0.3, 0.4) is 0 Å². The summed E-state index contributed by atoms with van der Waals surface area (Å²) in [4.78, 5) is 17.3. The van der Waals surface area contributed by atoms with Crippen LogP contribution in [0, 0.1) is 5.92 Å². The average molecular weight is 382 g/mol. The van der Waals surface area contributed by atoms with Gasteiger partial charge in [0.05, 0.1) is 26.2 Å². The summed E-state index contributed by atoms with van der Waals surface area (Å²) in [7, 11) is 1.57. The Morgan fingerprint density at radius 3 is 2.71 bits per heavy atom. The maximum Gasteiger partial charge on any atom is 0.233 e. The molecule has 1 aromatic carbocycles. The number of piperidine rings is 1. The molecular formula is C21H26N4O3. The van der Waals surface area contributed by atoms with E-state index in [1.807, 2.05) is 29.2 Å². The first-order valence-electron chi connectivity index (χ1n) is 9.82. The lowest BCUT2D eigenvalue weighted by atomic mass is 9.95. The van der Waals surface area contributed by atoms with E-state index in [0.29, 0.717) is 32.1 Å². The molecule has 0 unspecified atom stereocenters. The Labute approximate surface area is 165 Å². The summed E-state index contributed by atoms with van der Waals surface area (Å²) in [6.45, 7) is 3.40. The number of methoxy groups -OCH3 is 1. The molecule has 2 aliphatic rings. The first-order chi connectivity index (χ1) is 13.7. The summed E-state index contributed by atoms with van der Waals surface area (Å²) in [5, 5.41) is 8.29. The van der Waals surface area contributed by atoms with Crippen LogP contribution in [-0.2, 0) is 9.53 Å². The summed E-state index contributed by atoms with van der Waals surface area (Å²) < 4.78 is 11.0. The molecule has 148 valence electrons. The van der Waals surface area contributed by atoms with Crippen molar-refractivity contribution in [3.8, 4) is 5.88 Å². The number of morpholine rings is 1. The number of ether oxygens (including phenoxy) is 2. The molecule has 0 radical (unpaired) electrons. The van der Waals surface area contributed by atoms with Crippen LogP contribution in [0.5, 0.6) is 5.88 Å². The second kappa shape index (κ2) is 8.56. The quantitative estimate of drug-likeness (QED) is 0.808. The van der Waals surface area contributed by atoms with Crippen molar-refractivity contribution in [2.75, 3.05) is 44.8 Å². The van der Waals surface area contributed by atoms with Gasteiger partial charge in [-0.15, -0.1) is 10.2 Å². The van der Waals surface area contributed by atoms with Crippen molar-refractivity contribution in [2.45, 2.75) is 18.9 Å². The molecule has 0 bridgehead atoms. The SMILES string of the molecule is COc1ccc(N2CCC[C@@H](C(=O)N3CCO[C@H](c4ccccc4)C3)C2)nn1. The van der Waals surface area contributed by atoms with Gasteiger partial charge in [0.25, 0.3) is 0 Å². The lowest BCUT2D eigenvalue weighted by molar-refractivity contribution is -0.143. The fraction of sp³-hybridized carbons (Fsp3) is 0.476. The van der Waals surface area contributed by atoms with E-state index in [1.165, 1.54) is 0 Å². The van der Waals surface area contributed by atoms with Crippen LogP contribution in [0.1, 0.15) is 24.5 Å². The maximum absolute atomic E-state index is 13.2. The summed E-state index contributed by atoms with van der Waals surface area (Å²) in [6.07, 6.45) is 1.83. The van der Waals surface area contributed by atoms with Crippen LogP contribution < -0.4 is 9.64 Å². The van der Waals surface area contributed by atoms with Crippen molar-refractivity contribution in [3.05, 3.63) is 48.0 Å². The molecule has 4 rings (SSSR count). The third-order valence-corrected chi connectivity index (χ3v) is 5.48. The molecule has 2 atom stereocenters. The Balaban J connectivity index is 1.40. The summed E-state index contributed by atoms with van der Waals surface area (Å²) in [5.41, 5.74) is 1.12. The number of amides is 1. The fourth-order valence-corrected chi connectivity index (χ4v) is 3.95. The number of anilines is 1. The van der Waals surface area contributed by atoms with Gasteiger partial charge in [-0.2, -0.15) is 0 Å². The number of nitrogens with zero attached hydrogens (tertiary/aromatic N) is 4. The highest BCUT2D eigenvalue weighted by molar-refractivity contribution is 5.80. The average Bonchev–Trinajstić information content (AvgIpc) is 2.79. The summed E-state index contributed by atoms with van der Waals surface area (Å²) >= 11 is 0. The van der Waals surface area contributed by atoms with Crippen molar-refractivity contribution in [2.24, 2.45) is 5.92 Å². The van der Waals surface area contributed by atoms with Crippen LogP contribution in [0.4, 0.5) is 5.82 Å². The predicted octanol–water partition coefficient (Wildman–Crippen LogP) is 2.30. The fourth-order valence-electron chi connectivity index (χ4n) is 3.95. The molecule has 2 saturated heterocycles. The number of carbonyl (C=O) groups excluding carboxylic acids is 1. The zero-order valence-corrected chi connectivity index (χ0v) is 16.2. The highest BCUT2D eigenvalue weighted by Gasteiger charge is 2.33. The Hall–Kier alpha value is -2.67. The van der Waals surface area contributed by atoms with Crippen LogP contribution >= 0.6 is 0 Å². The first-order valence-corrected chi connectivity index (χ1v) is 9.82. The lowest BCUT2D eigenvalue weighted by Gasteiger charge is -2.38. The van der Waals surface area contributed by atoms with Crippen molar-refractivity contribution in [1.29, 1.82) is 0 Å².